The van der Waals surface area contributed by atoms with E-state index in [0.717, 1.165) is 6.54 Å². The second-order valence-corrected chi connectivity index (χ2v) is 7.15. The standard InChI is InChI=1S/C15H28N2O/c16-15(12-18,13-3-4-13)11-17-9-7-14(8-10-17)5-1-2-6-14/h13,18H,1-12,16H2. The van der Waals surface area contributed by atoms with Crippen LogP contribution in [0.4, 0.5) is 0 Å². The van der Waals surface area contributed by atoms with Crippen molar-refractivity contribution in [3.63, 3.8) is 0 Å². The zero-order valence-corrected chi connectivity index (χ0v) is 11.5. The zero-order chi connectivity index (χ0) is 12.6. The molecule has 1 aliphatic heterocycles. The van der Waals surface area contributed by atoms with Gasteiger partial charge >= 0.3 is 0 Å². The molecule has 0 aromatic rings. The Balaban J connectivity index is 1.53. The van der Waals surface area contributed by atoms with Gasteiger partial charge in [-0.3, -0.25) is 0 Å². The monoisotopic (exact) mass is 252 g/mol. The van der Waals surface area contributed by atoms with Crippen LogP contribution >= 0.6 is 0 Å². The molecular formula is C15H28N2O. The van der Waals surface area contributed by atoms with Crippen LogP contribution in [0.1, 0.15) is 51.4 Å². The van der Waals surface area contributed by atoms with Crippen LogP contribution in [0.25, 0.3) is 0 Å². The molecule has 1 saturated heterocycles. The summed E-state index contributed by atoms with van der Waals surface area (Å²) >= 11 is 0. The molecule has 3 N–H and O–H groups in total. The van der Waals surface area contributed by atoms with Gasteiger partial charge in [0.25, 0.3) is 0 Å². The molecule has 3 aliphatic rings. The SMILES string of the molecule is NC(CO)(CN1CCC2(CCCC2)CC1)C1CC1. The second-order valence-electron chi connectivity index (χ2n) is 7.15. The molecule has 0 radical (unpaired) electrons. The van der Waals surface area contributed by atoms with Crippen LogP contribution in [0.3, 0.4) is 0 Å². The first-order valence-corrected chi connectivity index (χ1v) is 7.78. The highest BCUT2D eigenvalue weighted by Gasteiger charge is 2.44. The van der Waals surface area contributed by atoms with Crippen molar-refractivity contribution in [3.8, 4) is 0 Å². The van der Waals surface area contributed by atoms with E-state index in [1.54, 1.807) is 0 Å². The summed E-state index contributed by atoms with van der Waals surface area (Å²) < 4.78 is 0. The zero-order valence-electron chi connectivity index (χ0n) is 11.5. The van der Waals surface area contributed by atoms with Gasteiger partial charge in [0, 0.05) is 6.54 Å². The normalized spacial score (nSPS) is 31.7. The van der Waals surface area contributed by atoms with Crippen LogP contribution in [0, 0.1) is 11.3 Å². The van der Waals surface area contributed by atoms with Crippen molar-refractivity contribution in [3.05, 3.63) is 0 Å². The number of aliphatic hydroxyl groups excluding tert-OH is 1. The van der Waals surface area contributed by atoms with Crippen molar-refractivity contribution < 1.29 is 5.11 Å². The molecule has 0 bridgehead atoms. The summed E-state index contributed by atoms with van der Waals surface area (Å²) in [5, 5.41) is 9.58. The highest BCUT2D eigenvalue weighted by molar-refractivity contribution is 5.01. The van der Waals surface area contributed by atoms with E-state index in [1.165, 1.54) is 64.5 Å². The molecule has 3 fully saturated rings. The van der Waals surface area contributed by atoms with Gasteiger partial charge in [-0.2, -0.15) is 0 Å². The fraction of sp³-hybridized carbons (Fsp3) is 1.00. The minimum absolute atomic E-state index is 0.152. The van der Waals surface area contributed by atoms with Gasteiger partial charge in [0.05, 0.1) is 12.1 Å². The van der Waals surface area contributed by atoms with Crippen molar-refractivity contribution in [1.82, 2.24) is 4.90 Å². The second kappa shape index (κ2) is 4.77. The smallest absolute Gasteiger partial charge is 0.0626 e. The summed E-state index contributed by atoms with van der Waals surface area (Å²) in [6.45, 7) is 3.46. The third-order valence-corrected chi connectivity index (χ3v) is 5.78. The quantitative estimate of drug-likeness (QED) is 0.801. The minimum atomic E-state index is -0.319. The first-order chi connectivity index (χ1) is 8.66. The van der Waals surface area contributed by atoms with Crippen molar-refractivity contribution in [2.75, 3.05) is 26.2 Å². The molecule has 3 nitrogen and oxygen atoms in total. The Labute approximate surface area is 111 Å². The first-order valence-electron chi connectivity index (χ1n) is 7.78. The number of rotatable bonds is 4. The van der Waals surface area contributed by atoms with Gasteiger partial charge < -0.3 is 15.7 Å². The largest absolute Gasteiger partial charge is 0.394 e. The van der Waals surface area contributed by atoms with Gasteiger partial charge in [-0.15, -0.1) is 0 Å². The van der Waals surface area contributed by atoms with E-state index in [4.69, 9.17) is 5.73 Å². The summed E-state index contributed by atoms with van der Waals surface area (Å²) in [7, 11) is 0. The number of hydrogen-bond donors (Lipinski definition) is 2. The van der Waals surface area contributed by atoms with Gasteiger partial charge in [-0.05, 0) is 62.9 Å². The predicted molar refractivity (Wildman–Crippen MR) is 73.3 cm³/mol. The number of nitrogens with two attached hydrogens (primary N) is 1. The maximum absolute atomic E-state index is 9.58. The fourth-order valence-corrected chi connectivity index (χ4v) is 4.19. The molecule has 2 saturated carbocycles. The van der Waals surface area contributed by atoms with Crippen LogP contribution in [0.15, 0.2) is 0 Å². The van der Waals surface area contributed by atoms with E-state index in [0.29, 0.717) is 11.3 Å². The maximum Gasteiger partial charge on any atom is 0.0626 e. The van der Waals surface area contributed by atoms with Gasteiger partial charge in [0.1, 0.15) is 0 Å². The lowest BCUT2D eigenvalue weighted by atomic mass is 9.76. The average Bonchev–Trinajstić information content (AvgIpc) is 3.16. The van der Waals surface area contributed by atoms with E-state index in [2.05, 4.69) is 4.90 Å². The van der Waals surface area contributed by atoms with E-state index >= 15 is 0 Å². The lowest BCUT2D eigenvalue weighted by Crippen LogP contribution is -2.56. The van der Waals surface area contributed by atoms with Crippen LogP contribution < -0.4 is 5.73 Å². The maximum atomic E-state index is 9.58. The topological polar surface area (TPSA) is 49.5 Å². The Kier molecular flexibility index (Phi) is 3.41. The molecule has 2 aliphatic carbocycles. The fourth-order valence-electron chi connectivity index (χ4n) is 4.19. The molecule has 3 heteroatoms. The number of aliphatic hydroxyl groups is 1. The van der Waals surface area contributed by atoms with E-state index in [-0.39, 0.29) is 12.1 Å². The molecule has 1 atom stereocenters. The van der Waals surface area contributed by atoms with E-state index in [9.17, 15) is 5.11 Å². The summed E-state index contributed by atoms with van der Waals surface area (Å²) in [4.78, 5) is 2.51. The van der Waals surface area contributed by atoms with Gasteiger partial charge in [-0.25, -0.2) is 0 Å². The third-order valence-electron chi connectivity index (χ3n) is 5.78. The van der Waals surface area contributed by atoms with Gasteiger partial charge in [0.15, 0.2) is 0 Å². The molecule has 0 amide bonds. The Morgan fingerprint density at radius 3 is 2.22 bits per heavy atom. The Hall–Kier alpha value is -0.120. The number of nitrogens with zero attached hydrogens (tertiary/aromatic N) is 1. The number of piperidine rings is 1. The lowest BCUT2D eigenvalue weighted by Gasteiger charge is -2.42. The molecular weight excluding hydrogens is 224 g/mol. The Morgan fingerprint density at radius 2 is 1.72 bits per heavy atom. The molecule has 0 aromatic heterocycles. The Morgan fingerprint density at radius 1 is 1.11 bits per heavy atom. The van der Waals surface area contributed by atoms with Crippen molar-refractivity contribution in [1.29, 1.82) is 0 Å². The van der Waals surface area contributed by atoms with Crippen molar-refractivity contribution in [2.24, 2.45) is 17.1 Å². The summed E-state index contributed by atoms with van der Waals surface area (Å²) in [6, 6.07) is 0. The van der Waals surface area contributed by atoms with Crippen molar-refractivity contribution in [2.45, 2.75) is 56.9 Å². The molecule has 3 rings (SSSR count). The Bertz CT molecular complexity index is 287. The minimum Gasteiger partial charge on any atom is -0.394 e. The van der Waals surface area contributed by atoms with Crippen LogP contribution in [0.5, 0.6) is 0 Å². The van der Waals surface area contributed by atoms with Gasteiger partial charge in [-0.1, -0.05) is 12.8 Å². The highest BCUT2D eigenvalue weighted by atomic mass is 16.3. The molecule has 18 heavy (non-hydrogen) atoms. The third kappa shape index (κ3) is 2.45. The molecule has 104 valence electrons. The highest BCUT2D eigenvalue weighted by Crippen LogP contribution is 2.46. The number of hydrogen-bond acceptors (Lipinski definition) is 3. The number of likely N-dealkylation sites (tertiary alicyclic amines) is 1. The molecule has 1 heterocycles. The molecule has 1 spiro atoms. The first kappa shape index (κ1) is 12.9. The average molecular weight is 252 g/mol. The van der Waals surface area contributed by atoms with Crippen LogP contribution in [-0.4, -0.2) is 41.8 Å². The molecule has 0 aromatic carbocycles. The molecule has 1 unspecified atom stereocenters. The van der Waals surface area contributed by atoms with Crippen LogP contribution in [-0.2, 0) is 0 Å². The van der Waals surface area contributed by atoms with Gasteiger partial charge in [0.2, 0.25) is 0 Å². The van der Waals surface area contributed by atoms with E-state index < -0.39 is 0 Å². The lowest BCUT2D eigenvalue weighted by molar-refractivity contribution is 0.0653. The van der Waals surface area contributed by atoms with Crippen molar-refractivity contribution >= 4 is 0 Å². The summed E-state index contributed by atoms with van der Waals surface area (Å²) in [6.07, 6.45) is 11.0. The summed E-state index contributed by atoms with van der Waals surface area (Å²) in [5.74, 6) is 0.574. The van der Waals surface area contributed by atoms with Crippen LogP contribution in [0.2, 0.25) is 0 Å². The van der Waals surface area contributed by atoms with E-state index in [1.807, 2.05) is 0 Å². The predicted octanol–water partition coefficient (Wildman–Crippen LogP) is 1.74. The summed E-state index contributed by atoms with van der Waals surface area (Å²) in [5.41, 5.74) is 6.75.